The lowest BCUT2D eigenvalue weighted by molar-refractivity contribution is 0.0838. The molecule has 0 heterocycles. The van der Waals surface area contributed by atoms with Crippen LogP contribution >= 0.6 is 11.6 Å². The van der Waals surface area contributed by atoms with Gasteiger partial charge in [0.1, 0.15) is 17.2 Å². The van der Waals surface area contributed by atoms with Gasteiger partial charge in [0.15, 0.2) is 0 Å². The third-order valence-electron chi connectivity index (χ3n) is 2.75. The number of nitrogens with one attached hydrogen (secondary N) is 1. The Morgan fingerprint density at radius 2 is 2.12 bits per heavy atom. The van der Waals surface area contributed by atoms with Crippen LogP contribution in [0.4, 0.5) is 4.39 Å². The van der Waals surface area contributed by atoms with Gasteiger partial charge in [0, 0.05) is 12.6 Å². The average Bonchev–Trinajstić information content (AvgIpc) is 2.31. The molecule has 1 rings (SSSR count). The Morgan fingerprint density at radius 3 is 2.65 bits per heavy atom. The second-order valence-electron chi connectivity index (χ2n) is 4.26. The third kappa shape index (κ3) is 4.17. The highest BCUT2D eigenvalue weighted by Crippen LogP contribution is 2.25. The normalized spacial score (nSPS) is 14.4. The molecule has 1 atom stereocenters. The van der Waals surface area contributed by atoms with Crippen molar-refractivity contribution < 1.29 is 9.13 Å². The average molecular weight is 260 g/mol. The van der Waals surface area contributed by atoms with Gasteiger partial charge in [-0.25, -0.2) is 4.39 Å². The van der Waals surface area contributed by atoms with Gasteiger partial charge in [-0.2, -0.15) is 0 Å². The molecule has 0 aliphatic heterocycles. The van der Waals surface area contributed by atoms with Crippen molar-refractivity contribution in [3.63, 3.8) is 0 Å². The first kappa shape index (κ1) is 14.3. The van der Waals surface area contributed by atoms with E-state index in [9.17, 15) is 4.39 Å². The maximum Gasteiger partial charge on any atom is 0.145 e. The van der Waals surface area contributed by atoms with Crippen molar-refractivity contribution in [1.82, 2.24) is 5.32 Å². The van der Waals surface area contributed by atoms with Crippen molar-refractivity contribution in [1.29, 1.82) is 0 Å². The minimum Gasteiger partial charge on any atom is -0.486 e. The summed E-state index contributed by atoms with van der Waals surface area (Å²) in [5.41, 5.74) is -0.337. The predicted octanol–water partition coefficient (Wildman–Crippen LogP) is 3.64. The zero-order valence-corrected chi connectivity index (χ0v) is 11.3. The van der Waals surface area contributed by atoms with Gasteiger partial charge in [-0.3, -0.25) is 0 Å². The van der Waals surface area contributed by atoms with E-state index in [1.807, 2.05) is 20.8 Å². The van der Waals surface area contributed by atoms with E-state index in [-0.39, 0.29) is 10.6 Å². The Morgan fingerprint density at radius 1 is 1.41 bits per heavy atom. The minimum absolute atomic E-state index is 0.113. The van der Waals surface area contributed by atoms with E-state index < -0.39 is 5.82 Å². The number of benzene rings is 1. The van der Waals surface area contributed by atoms with E-state index in [4.69, 9.17) is 16.3 Å². The van der Waals surface area contributed by atoms with Crippen LogP contribution in [0.15, 0.2) is 18.2 Å². The van der Waals surface area contributed by atoms with Crippen molar-refractivity contribution in [3.05, 3.63) is 29.0 Å². The van der Waals surface area contributed by atoms with Crippen LogP contribution in [0, 0.1) is 5.82 Å². The highest BCUT2D eigenvalue weighted by atomic mass is 35.5. The summed E-state index contributed by atoms with van der Waals surface area (Å²) in [5, 5.41) is 3.35. The lowest BCUT2D eigenvalue weighted by Gasteiger charge is -2.30. The van der Waals surface area contributed by atoms with Gasteiger partial charge < -0.3 is 10.1 Å². The van der Waals surface area contributed by atoms with E-state index in [0.29, 0.717) is 5.75 Å². The zero-order valence-electron chi connectivity index (χ0n) is 10.5. The monoisotopic (exact) mass is 259 g/mol. The number of hydrogen-bond acceptors (Lipinski definition) is 2. The molecular formula is C13H19ClFNO. The van der Waals surface area contributed by atoms with E-state index >= 15 is 0 Å². The van der Waals surface area contributed by atoms with E-state index in [0.717, 1.165) is 19.5 Å². The number of hydrogen-bond donors (Lipinski definition) is 1. The fourth-order valence-corrected chi connectivity index (χ4v) is 1.57. The molecule has 0 bridgehead atoms. The maximum absolute atomic E-state index is 13.3. The molecule has 0 saturated heterocycles. The first-order valence-corrected chi connectivity index (χ1v) is 6.23. The molecule has 0 aromatic heterocycles. The van der Waals surface area contributed by atoms with Gasteiger partial charge in [0.25, 0.3) is 0 Å². The predicted molar refractivity (Wildman–Crippen MR) is 69.3 cm³/mol. The van der Waals surface area contributed by atoms with Crippen LogP contribution in [0.1, 0.15) is 27.2 Å². The second-order valence-corrected chi connectivity index (χ2v) is 4.67. The smallest absolute Gasteiger partial charge is 0.145 e. The Kier molecular flexibility index (Phi) is 5.22. The van der Waals surface area contributed by atoms with E-state index in [1.165, 1.54) is 12.1 Å². The summed E-state index contributed by atoms with van der Waals surface area (Å²) in [5.74, 6) is 0.0558. The molecule has 1 aromatic carbocycles. The van der Waals surface area contributed by atoms with Gasteiger partial charge in [-0.1, -0.05) is 25.4 Å². The summed E-state index contributed by atoms with van der Waals surface area (Å²) in [6.45, 7) is 7.70. The zero-order chi connectivity index (χ0) is 12.9. The summed E-state index contributed by atoms with van der Waals surface area (Å²) in [6.07, 6.45) is 0.838. The molecule has 2 nitrogen and oxygen atoms in total. The summed E-state index contributed by atoms with van der Waals surface area (Å²) >= 11 is 5.63. The molecule has 4 heteroatoms. The second kappa shape index (κ2) is 6.22. The highest BCUT2D eigenvalue weighted by molar-refractivity contribution is 6.30. The topological polar surface area (TPSA) is 21.3 Å². The molecule has 1 unspecified atom stereocenters. The van der Waals surface area contributed by atoms with Crippen molar-refractivity contribution in [3.8, 4) is 5.75 Å². The molecule has 0 aliphatic carbocycles. The quantitative estimate of drug-likeness (QED) is 0.842. The van der Waals surface area contributed by atoms with Gasteiger partial charge in [-0.15, -0.1) is 0 Å². The van der Waals surface area contributed by atoms with E-state index in [2.05, 4.69) is 5.32 Å². The van der Waals surface area contributed by atoms with Gasteiger partial charge in [0.05, 0.1) is 5.02 Å². The van der Waals surface area contributed by atoms with Crippen LogP contribution in [-0.2, 0) is 0 Å². The Bertz CT molecular complexity index is 372. The standard InChI is InChI=1S/C13H19ClFNO/c1-4-13(3,9-16-5-2)17-10-6-7-11(14)12(15)8-10/h6-8,16H,4-5,9H2,1-3H3. The van der Waals surface area contributed by atoms with Crippen LogP contribution in [0.2, 0.25) is 5.02 Å². The Hall–Kier alpha value is -0.800. The lowest BCUT2D eigenvalue weighted by atomic mass is 10.0. The molecule has 17 heavy (non-hydrogen) atoms. The summed E-state index contributed by atoms with van der Waals surface area (Å²) in [4.78, 5) is 0. The summed E-state index contributed by atoms with van der Waals surface area (Å²) in [7, 11) is 0. The van der Waals surface area contributed by atoms with Crippen molar-refractivity contribution in [2.24, 2.45) is 0 Å². The number of likely N-dealkylation sites (N-methyl/N-ethyl adjacent to an activating group) is 1. The van der Waals surface area contributed by atoms with Crippen LogP contribution in [-0.4, -0.2) is 18.7 Å². The van der Waals surface area contributed by atoms with Crippen molar-refractivity contribution >= 4 is 11.6 Å². The molecule has 0 saturated carbocycles. The number of halogens is 2. The number of rotatable bonds is 6. The summed E-state index contributed by atoms with van der Waals surface area (Å²) in [6, 6.07) is 4.52. The van der Waals surface area contributed by atoms with Crippen LogP contribution < -0.4 is 10.1 Å². The fraction of sp³-hybridized carbons (Fsp3) is 0.538. The molecule has 0 aliphatic rings. The lowest BCUT2D eigenvalue weighted by Crippen LogP contribution is -2.42. The van der Waals surface area contributed by atoms with Gasteiger partial charge in [-0.05, 0) is 32.0 Å². The molecule has 96 valence electrons. The molecule has 0 spiro atoms. The first-order chi connectivity index (χ1) is 8.00. The molecule has 0 amide bonds. The van der Waals surface area contributed by atoms with Gasteiger partial charge >= 0.3 is 0 Å². The minimum atomic E-state index is -0.453. The van der Waals surface area contributed by atoms with E-state index in [1.54, 1.807) is 6.07 Å². The molecule has 1 N–H and O–H groups in total. The Balaban J connectivity index is 2.76. The largest absolute Gasteiger partial charge is 0.486 e. The third-order valence-corrected chi connectivity index (χ3v) is 3.06. The molecule has 0 fully saturated rings. The van der Waals surface area contributed by atoms with Crippen LogP contribution in [0.3, 0.4) is 0 Å². The number of ether oxygens (including phenoxy) is 1. The van der Waals surface area contributed by atoms with Crippen LogP contribution in [0.25, 0.3) is 0 Å². The molecule has 1 aromatic rings. The maximum atomic E-state index is 13.3. The van der Waals surface area contributed by atoms with Crippen molar-refractivity contribution in [2.45, 2.75) is 32.8 Å². The molecule has 0 radical (unpaired) electrons. The SMILES string of the molecule is CCNCC(C)(CC)Oc1ccc(Cl)c(F)c1. The van der Waals surface area contributed by atoms with Crippen LogP contribution in [0.5, 0.6) is 5.75 Å². The Labute approximate surface area is 107 Å². The molecular weight excluding hydrogens is 241 g/mol. The van der Waals surface area contributed by atoms with Crippen molar-refractivity contribution in [2.75, 3.05) is 13.1 Å². The first-order valence-electron chi connectivity index (χ1n) is 5.85. The highest BCUT2D eigenvalue weighted by Gasteiger charge is 2.23. The fourth-order valence-electron chi connectivity index (χ4n) is 1.45. The summed E-state index contributed by atoms with van der Waals surface area (Å²) < 4.78 is 19.1. The van der Waals surface area contributed by atoms with Gasteiger partial charge in [0.2, 0.25) is 0 Å².